The Hall–Kier alpha value is -3.05. The molecule has 3 aromatic carbocycles. The fourth-order valence-electron chi connectivity index (χ4n) is 2.49. The summed E-state index contributed by atoms with van der Waals surface area (Å²) in [5, 5.41) is 3.25. The fraction of sp³-hybridized carbons (Fsp3) is 0.0952. The number of ether oxygens (including phenoxy) is 2. The molecule has 6 heteroatoms. The van der Waals surface area contributed by atoms with Crippen molar-refractivity contribution in [2.24, 2.45) is 0 Å². The number of hydrogen-bond acceptors (Lipinski definition) is 3. The molecule has 0 atom stereocenters. The van der Waals surface area contributed by atoms with E-state index >= 15 is 0 Å². The molecule has 0 aliphatic rings. The highest BCUT2D eigenvalue weighted by molar-refractivity contribution is 6.31. The largest absolute Gasteiger partial charge is 0.493 e. The van der Waals surface area contributed by atoms with Crippen molar-refractivity contribution in [2.45, 2.75) is 6.42 Å². The van der Waals surface area contributed by atoms with E-state index in [9.17, 15) is 9.18 Å². The lowest BCUT2D eigenvalue weighted by Gasteiger charge is -2.14. The van der Waals surface area contributed by atoms with Crippen molar-refractivity contribution in [3.8, 4) is 17.2 Å². The summed E-state index contributed by atoms with van der Waals surface area (Å²) in [6.07, 6.45) is 0.0981. The zero-order valence-electron chi connectivity index (χ0n) is 14.5. The first kappa shape index (κ1) is 18.7. The van der Waals surface area contributed by atoms with Gasteiger partial charge in [-0.3, -0.25) is 4.79 Å². The van der Waals surface area contributed by atoms with Crippen LogP contribution in [0.25, 0.3) is 0 Å². The molecular formula is C21H17ClFNO3. The first-order valence-electron chi connectivity index (χ1n) is 8.20. The molecule has 0 aliphatic carbocycles. The summed E-state index contributed by atoms with van der Waals surface area (Å²) in [7, 11) is 1.55. The molecule has 0 bridgehead atoms. The van der Waals surface area contributed by atoms with Gasteiger partial charge in [-0.15, -0.1) is 0 Å². The molecule has 0 heterocycles. The lowest BCUT2D eigenvalue weighted by Crippen LogP contribution is -2.15. The zero-order chi connectivity index (χ0) is 19.2. The molecule has 138 valence electrons. The summed E-state index contributed by atoms with van der Waals surface area (Å²) in [5.74, 6) is 0.888. The molecule has 0 saturated heterocycles. The molecule has 3 aromatic rings. The van der Waals surface area contributed by atoms with Crippen molar-refractivity contribution in [1.29, 1.82) is 0 Å². The molecular weight excluding hydrogens is 369 g/mol. The van der Waals surface area contributed by atoms with Gasteiger partial charge in [0.25, 0.3) is 0 Å². The summed E-state index contributed by atoms with van der Waals surface area (Å²) in [6, 6.07) is 17.9. The van der Waals surface area contributed by atoms with Crippen LogP contribution < -0.4 is 14.8 Å². The summed E-state index contributed by atoms with van der Waals surface area (Å²) in [4.78, 5) is 12.4. The van der Waals surface area contributed by atoms with Gasteiger partial charge in [0.2, 0.25) is 5.91 Å². The molecule has 0 aromatic heterocycles. The monoisotopic (exact) mass is 385 g/mol. The number of carbonyl (C=O) groups is 1. The van der Waals surface area contributed by atoms with E-state index in [2.05, 4.69) is 5.32 Å². The number of amides is 1. The topological polar surface area (TPSA) is 47.6 Å². The first-order chi connectivity index (χ1) is 13.0. The van der Waals surface area contributed by atoms with Crippen LogP contribution in [0.15, 0.2) is 66.7 Å². The maximum absolute atomic E-state index is 13.0. The predicted octanol–water partition coefficient (Wildman–Crippen LogP) is 5.46. The third-order valence-electron chi connectivity index (χ3n) is 3.78. The molecule has 0 saturated carbocycles. The van der Waals surface area contributed by atoms with E-state index in [1.165, 1.54) is 12.1 Å². The Labute approximate surface area is 161 Å². The minimum absolute atomic E-state index is 0.0981. The van der Waals surface area contributed by atoms with E-state index in [-0.39, 0.29) is 18.1 Å². The number of benzene rings is 3. The fourth-order valence-corrected chi connectivity index (χ4v) is 2.66. The van der Waals surface area contributed by atoms with Crippen molar-refractivity contribution in [2.75, 3.05) is 12.4 Å². The number of halogens is 2. The molecule has 0 aliphatic heterocycles. The van der Waals surface area contributed by atoms with Gasteiger partial charge in [0.1, 0.15) is 5.82 Å². The quantitative estimate of drug-likeness (QED) is 0.612. The molecule has 0 radical (unpaired) electrons. The van der Waals surface area contributed by atoms with Crippen LogP contribution in [0, 0.1) is 5.82 Å². The highest BCUT2D eigenvalue weighted by atomic mass is 35.5. The van der Waals surface area contributed by atoms with Crippen molar-refractivity contribution < 1.29 is 18.7 Å². The molecule has 27 heavy (non-hydrogen) atoms. The average molecular weight is 386 g/mol. The van der Waals surface area contributed by atoms with Gasteiger partial charge in [-0.1, -0.05) is 35.9 Å². The van der Waals surface area contributed by atoms with E-state index < -0.39 is 0 Å². The Balaban J connectivity index is 1.79. The normalized spacial score (nSPS) is 10.3. The van der Waals surface area contributed by atoms with Gasteiger partial charge in [-0.2, -0.15) is 0 Å². The third kappa shape index (κ3) is 4.99. The number of para-hydroxylation sites is 2. The van der Waals surface area contributed by atoms with E-state index in [4.69, 9.17) is 21.1 Å². The maximum atomic E-state index is 13.0. The Morgan fingerprint density at radius 1 is 1.00 bits per heavy atom. The van der Waals surface area contributed by atoms with E-state index in [1.807, 2.05) is 12.1 Å². The van der Waals surface area contributed by atoms with Crippen molar-refractivity contribution in [3.05, 3.63) is 83.1 Å². The molecule has 3 rings (SSSR count). The van der Waals surface area contributed by atoms with Crippen LogP contribution in [0.1, 0.15) is 5.56 Å². The molecule has 0 unspecified atom stereocenters. The van der Waals surface area contributed by atoms with Crippen molar-refractivity contribution >= 4 is 23.2 Å². The lowest BCUT2D eigenvalue weighted by atomic mass is 10.1. The van der Waals surface area contributed by atoms with Gasteiger partial charge >= 0.3 is 0 Å². The van der Waals surface area contributed by atoms with Gasteiger partial charge in [-0.25, -0.2) is 4.39 Å². The van der Waals surface area contributed by atoms with E-state index in [0.717, 1.165) is 0 Å². The van der Waals surface area contributed by atoms with Crippen LogP contribution in [0.3, 0.4) is 0 Å². The number of anilines is 1. The summed E-state index contributed by atoms with van der Waals surface area (Å²) in [6.45, 7) is 0. The van der Waals surface area contributed by atoms with Gasteiger partial charge in [-0.05, 0) is 48.0 Å². The molecule has 1 amide bonds. The predicted molar refractivity (Wildman–Crippen MR) is 103 cm³/mol. The Kier molecular flexibility index (Phi) is 5.94. The summed E-state index contributed by atoms with van der Waals surface area (Å²) < 4.78 is 24.2. The van der Waals surface area contributed by atoms with Crippen LogP contribution in [-0.2, 0) is 11.2 Å². The number of methoxy groups -OCH3 is 1. The van der Waals surface area contributed by atoms with Gasteiger partial charge < -0.3 is 14.8 Å². The van der Waals surface area contributed by atoms with Crippen molar-refractivity contribution in [1.82, 2.24) is 0 Å². The summed E-state index contributed by atoms with van der Waals surface area (Å²) in [5.41, 5.74) is 1.13. The summed E-state index contributed by atoms with van der Waals surface area (Å²) >= 11 is 6.07. The van der Waals surface area contributed by atoms with Gasteiger partial charge in [0.15, 0.2) is 17.2 Å². The highest BCUT2D eigenvalue weighted by Gasteiger charge is 2.12. The van der Waals surface area contributed by atoms with Crippen LogP contribution in [0.4, 0.5) is 10.1 Å². The lowest BCUT2D eigenvalue weighted by molar-refractivity contribution is -0.115. The number of carbonyl (C=O) groups excluding carboxylic acids is 1. The number of hydrogen-bond donors (Lipinski definition) is 1. The van der Waals surface area contributed by atoms with Gasteiger partial charge in [0, 0.05) is 5.02 Å². The standard InChI is InChI=1S/C21H17ClFNO3/c1-26-19-4-2-3-5-20(19)27-18-11-8-15(22)13-17(18)24-21(25)12-14-6-9-16(23)10-7-14/h2-11,13H,12H2,1H3,(H,24,25). The maximum Gasteiger partial charge on any atom is 0.228 e. The number of rotatable bonds is 6. The Morgan fingerprint density at radius 2 is 1.70 bits per heavy atom. The second-order valence-corrected chi connectivity index (χ2v) is 6.18. The smallest absolute Gasteiger partial charge is 0.228 e. The minimum atomic E-state index is -0.346. The zero-order valence-corrected chi connectivity index (χ0v) is 15.3. The van der Waals surface area contributed by atoms with E-state index in [0.29, 0.717) is 33.5 Å². The van der Waals surface area contributed by atoms with Gasteiger partial charge in [0.05, 0.1) is 19.2 Å². The molecule has 0 fully saturated rings. The van der Waals surface area contributed by atoms with Crippen LogP contribution >= 0.6 is 11.6 Å². The first-order valence-corrected chi connectivity index (χ1v) is 8.57. The Bertz CT molecular complexity index is 944. The highest BCUT2D eigenvalue weighted by Crippen LogP contribution is 2.36. The van der Waals surface area contributed by atoms with Crippen LogP contribution in [0.2, 0.25) is 5.02 Å². The average Bonchev–Trinajstić information content (AvgIpc) is 2.66. The SMILES string of the molecule is COc1ccccc1Oc1ccc(Cl)cc1NC(=O)Cc1ccc(F)cc1. The van der Waals surface area contributed by atoms with Crippen LogP contribution in [-0.4, -0.2) is 13.0 Å². The molecule has 1 N–H and O–H groups in total. The van der Waals surface area contributed by atoms with Crippen LogP contribution in [0.5, 0.6) is 17.2 Å². The second-order valence-electron chi connectivity index (χ2n) is 5.74. The molecule has 4 nitrogen and oxygen atoms in total. The number of nitrogens with one attached hydrogen (secondary N) is 1. The molecule has 0 spiro atoms. The third-order valence-corrected chi connectivity index (χ3v) is 4.02. The van der Waals surface area contributed by atoms with Crippen molar-refractivity contribution in [3.63, 3.8) is 0 Å². The minimum Gasteiger partial charge on any atom is -0.493 e. The van der Waals surface area contributed by atoms with E-state index in [1.54, 1.807) is 49.6 Å². The second kappa shape index (κ2) is 8.56. The Morgan fingerprint density at radius 3 is 2.41 bits per heavy atom.